The third-order valence-corrected chi connectivity index (χ3v) is 21.0. The van der Waals surface area contributed by atoms with Crippen LogP contribution in [0.1, 0.15) is 141 Å². The molecule has 2 aromatic carbocycles. The first-order valence-electron chi connectivity index (χ1n) is 29.5. The van der Waals surface area contributed by atoms with Gasteiger partial charge < -0.3 is 39.4 Å². The maximum Gasteiger partial charge on any atom is 0.227 e. The number of hydrogen-bond acceptors (Lipinski definition) is 14. The number of likely N-dealkylation sites (tertiary alicyclic amines) is 2. The maximum atomic E-state index is 13.1. The molecule has 2 unspecified atom stereocenters. The first kappa shape index (κ1) is 61.7. The van der Waals surface area contributed by atoms with Crippen molar-refractivity contribution in [3.63, 3.8) is 0 Å². The Bertz CT molecular complexity index is 3050. The predicted molar refractivity (Wildman–Crippen MR) is 326 cm³/mol. The molecule has 3 N–H and O–H groups in total. The van der Waals surface area contributed by atoms with Crippen LogP contribution in [0.25, 0.3) is 22.5 Å². The van der Waals surface area contributed by atoms with Crippen LogP contribution in [0.15, 0.2) is 85.7 Å². The lowest BCUT2D eigenvalue weighted by atomic mass is 9.88. The Balaban J connectivity index is 0.000000215. The Hall–Kier alpha value is -6.38. The first-order valence-corrected chi connectivity index (χ1v) is 32.4. The van der Waals surface area contributed by atoms with E-state index >= 15 is 0 Å². The molecule has 82 heavy (non-hydrogen) atoms. The number of carbonyl (C=O) groups excluding carboxylic acids is 2. The fourth-order valence-electron chi connectivity index (χ4n) is 11.0. The van der Waals surface area contributed by atoms with Crippen molar-refractivity contribution in [2.45, 2.75) is 188 Å². The molecule has 0 saturated carbocycles. The van der Waals surface area contributed by atoms with Gasteiger partial charge in [0, 0.05) is 74.9 Å². The van der Waals surface area contributed by atoms with Crippen molar-refractivity contribution in [1.29, 1.82) is 0 Å². The average Bonchev–Trinajstić information content (AvgIpc) is 4.07. The van der Waals surface area contributed by atoms with Crippen LogP contribution in [0, 0.1) is 0 Å². The molecule has 0 bridgehead atoms. The second kappa shape index (κ2) is 27.8. The Labute approximate surface area is 487 Å². The van der Waals surface area contributed by atoms with E-state index in [0.29, 0.717) is 70.6 Å². The van der Waals surface area contributed by atoms with Crippen molar-refractivity contribution in [2.75, 3.05) is 50.0 Å². The highest BCUT2D eigenvalue weighted by Gasteiger charge is 2.38. The smallest absolute Gasteiger partial charge is 0.227 e. The number of nitrogens with zero attached hydrogens (tertiary/aromatic N) is 10. The number of aryl methyl sites for hydroxylation is 2. The van der Waals surface area contributed by atoms with Crippen molar-refractivity contribution >= 4 is 43.4 Å². The van der Waals surface area contributed by atoms with Gasteiger partial charge in [-0.2, -0.15) is 10.2 Å². The summed E-state index contributed by atoms with van der Waals surface area (Å²) < 4.78 is 21.5. The third-order valence-electron chi connectivity index (χ3n) is 16.4. The molecule has 2 amide bonds. The predicted octanol–water partition coefficient (Wildman–Crippen LogP) is 11.5. The zero-order chi connectivity index (χ0) is 57.3. The summed E-state index contributed by atoms with van der Waals surface area (Å²) in [6.07, 6.45) is 21.4. The maximum absolute atomic E-state index is 13.1. The molecule has 2 aliphatic carbocycles. The molecule has 4 aliphatic rings. The van der Waals surface area contributed by atoms with E-state index in [1.165, 1.54) is 22.3 Å². The van der Waals surface area contributed by atoms with Crippen LogP contribution < -0.4 is 10.6 Å². The summed E-state index contributed by atoms with van der Waals surface area (Å²) in [5, 5.41) is 24.5. The van der Waals surface area contributed by atoms with Crippen molar-refractivity contribution in [2.24, 2.45) is 0 Å². The molecule has 4 aromatic heterocycles. The van der Waals surface area contributed by atoms with Gasteiger partial charge in [-0.3, -0.25) is 19.0 Å². The molecule has 442 valence electrons. The molecule has 2 fully saturated rings. The monoisotopic (exact) mass is 1140 g/mol. The van der Waals surface area contributed by atoms with Crippen LogP contribution in [0.5, 0.6) is 0 Å². The lowest BCUT2D eigenvalue weighted by Gasteiger charge is -2.40. The second-order valence-corrected chi connectivity index (χ2v) is 29.2. The van der Waals surface area contributed by atoms with Gasteiger partial charge in [-0.25, -0.2) is 19.9 Å². The van der Waals surface area contributed by atoms with Gasteiger partial charge in [0.15, 0.2) is 8.32 Å². The summed E-state index contributed by atoms with van der Waals surface area (Å²) >= 11 is 0. The van der Waals surface area contributed by atoms with E-state index in [0.717, 1.165) is 85.3 Å². The molecule has 0 spiro atoms. The number of nitrogens with one attached hydrogen (secondary N) is 2. The molecule has 10 rings (SSSR count). The number of hydrogen-bond donors (Lipinski definition) is 3. The van der Waals surface area contributed by atoms with E-state index in [1.807, 2.05) is 66.7 Å². The van der Waals surface area contributed by atoms with Gasteiger partial charge in [0.2, 0.25) is 23.7 Å². The van der Waals surface area contributed by atoms with E-state index in [2.05, 4.69) is 101 Å². The van der Waals surface area contributed by atoms with Gasteiger partial charge in [0.05, 0.1) is 85.9 Å². The van der Waals surface area contributed by atoms with Crippen LogP contribution in [0.4, 0.5) is 23.3 Å². The molecule has 2 saturated heterocycles. The van der Waals surface area contributed by atoms with Crippen molar-refractivity contribution in [3.8, 4) is 22.5 Å². The number of carbonyl (C=O) groups is 2. The SMILES string of the molecule is C.CC(C)OC1CN(C(=O)CC2CCCCc3cc(-c4ccnc(Nc5cnn(CCO)c5)n4)ccc32)C1.CC(C)OC1CN(C(=O)CC2CCCCc3cc(-c4ccnc(Nc5cnn(CCO[Si](C)(C)C(C)(C)C)c5)n4)ccc32)C1. The summed E-state index contributed by atoms with van der Waals surface area (Å²) in [5.74, 6) is 2.02. The van der Waals surface area contributed by atoms with Gasteiger partial charge in [-0.1, -0.05) is 65.3 Å². The van der Waals surface area contributed by atoms with E-state index < -0.39 is 8.32 Å². The summed E-state index contributed by atoms with van der Waals surface area (Å²) in [7, 11) is -1.78. The van der Waals surface area contributed by atoms with Crippen molar-refractivity contribution in [1.82, 2.24) is 49.3 Å². The molecule has 2 atom stereocenters. The van der Waals surface area contributed by atoms with Crippen LogP contribution in [-0.2, 0) is 49.4 Å². The van der Waals surface area contributed by atoms with E-state index in [-0.39, 0.29) is 67.1 Å². The van der Waals surface area contributed by atoms with Crippen LogP contribution in [-0.4, -0.2) is 138 Å². The molecule has 0 radical (unpaired) electrons. The van der Waals surface area contributed by atoms with Gasteiger partial charge in [0.25, 0.3) is 0 Å². The topological polar surface area (TPSA) is 200 Å². The Kier molecular flexibility index (Phi) is 20.9. The van der Waals surface area contributed by atoms with Gasteiger partial charge in [0.1, 0.15) is 0 Å². The normalized spacial score (nSPS) is 17.6. The van der Waals surface area contributed by atoms with Crippen LogP contribution >= 0.6 is 0 Å². The minimum atomic E-state index is -1.78. The number of benzene rings is 2. The van der Waals surface area contributed by atoms with Crippen molar-refractivity contribution in [3.05, 3.63) is 108 Å². The van der Waals surface area contributed by atoms with Crippen molar-refractivity contribution < 1.29 is 28.6 Å². The fourth-order valence-corrected chi connectivity index (χ4v) is 12.1. The summed E-state index contributed by atoms with van der Waals surface area (Å²) in [6, 6.07) is 17.0. The second-order valence-electron chi connectivity index (χ2n) is 24.4. The summed E-state index contributed by atoms with van der Waals surface area (Å²) in [5.41, 5.74) is 10.7. The highest BCUT2D eigenvalue weighted by atomic mass is 28.4. The van der Waals surface area contributed by atoms with Gasteiger partial charge in [-0.15, -0.1) is 0 Å². The van der Waals surface area contributed by atoms with Gasteiger partial charge >= 0.3 is 0 Å². The van der Waals surface area contributed by atoms with E-state index in [9.17, 15) is 9.59 Å². The highest BCUT2D eigenvalue weighted by Crippen LogP contribution is 2.39. The summed E-state index contributed by atoms with van der Waals surface area (Å²) in [6.45, 7) is 24.1. The third kappa shape index (κ3) is 16.2. The molecule has 2 aliphatic heterocycles. The van der Waals surface area contributed by atoms with Gasteiger partial charge in [-0.05, 0) is 143 Å². The lowest BCUT2D eigenvalue weighted by Crippen LogP contribution is -2.55. The number of aliphatic hydroxyl groups excluding tert-OH is 1. The Morgan fingerprint density at radius 2 is 1.12 bits per heavy atom. The first-order chi connectivity index (χ1) is 38.9. The number of aliphatic hydroxyl groups is 1. The Morgan fingerprint density at radius 1 is 0.671 bits per heavy atom. The quantitative estimate of drug-likeness (QED) is 0.0482. The number of amides is 2. The van der Waals surface area contributed by atoms with E-state index in [1.54, 1.807) is 29.5 Å². The molecule has 6 aromatic rings. The minimum Gasteiger partial charge on any atom is -0.415 e. The lowest BCUT2D eigenvalue weighted by molar-refractivity contribution is -0.149. The highest BCUT2D eigenvalue weighted by molar-refractivity contribution is 6.74. The average molecular weight is 1140 g/mol. The number of aromatic nitrogens is 8. The zero-order valence-electron chi connectivity index (χ0n) is 49.2. The molecule has 6 heterocycles. The van der Waals surface area contributed by atoms with E-state index in [4.69, 9.17) is 29.0 Å². The Morgan fingerprint density at radius 3 is 1.55 bits per heavy atom. The molecular weight excluding hydrogens is 1050 g/mol. The molecule has 18 nitrogen and oxygen atoms in total. The molecule has 19 heteroatoms. The number of ether oxygens (including phenoxy) is 2. The number of fused-ring (bicyclic) bond motifs is 2. The number of anilines is 4. The standard InChI is InChI=1S/C34H50N6O3Si.C28H36N6O3.CH4/c1-24(2)43-29-22-39(23-29)32(41)19-26-11-9-8-10-25-18-27(12-13-30(25)26)31-14-15-35-33(38-31)37-28-20-36-40(21-28)16-17-42-44(6,7)34(3,4)5;1-19(2)37-24-17-33(18-24)27(36)14-21-6-4-3-5-20-13-22(7-8-25(20)21)26-9-10-29-28(32-26)31-23-15-30-34(16-23)11-12-35;/h12-15,18,20-21,24,26,29H,8-11,16-17,19,22-23H2,1-7H3,(H,35,37,38);7-10,13,15-16,19,21,24,35H,3-6,11-12,14,17-18H2,1-2H3,(H,29,31,32);1H4. The molecular formula is C63H90N12O6Si. The largest absolute Gasteiger partial charge is 0.415 e. The summed E-state index contributed by atoms with van der Waals surface area (Å²) in [4.78, 5) is 48.3. The van der Waals surface area contributed by atoms with Crippen LogP contribution in [0.2, 0.25) is 18.1 Å². The zero-order valence-corrected chi connectivity index (χ0v) is 50.2. The van der Waals surface area contributed by atoms with Crippen LogP contribution in [0.3, 0.4) is 0 Å². The minimum absolute atomic E-state index is 0. The number of rotatable bonds is 20. The fraction of sp³-hybridized carbons (Fsp3) is 0.556.